The van der Waals surface area contributed by atoms with Crippen molar-refractivity contribution in [1.82, 2.24) is 20.4 Å². The zero-order valence-corrected chi connectivity index (χ0v) is 17.6. The van der Waals surface area contributed by atoms with Gasteiger partial charge in [0.25, 0.3) is 0 Å². The molecule has 0 bridgehead atoms. The lowest BCUT2D eigenvalue weighted by atomic mass is 9.67. The maximum atomic E-state index is 13.5. The molecule has 3 atom stereocenters. The highest BCUT2D eigenvalue weighted by atomic mass is 35.5. The average Bonchev–Trinajstić information content (AvgIpc) is 3.13. The average molecular weight is 416 g/mol. The summed E-state index contributed by atoms with van der Waals surface area (Å²) < 4.78 is 0. The second-order valence-electron chi connectivity index (χ2n) is 7.97. The maximum absolute atomic E-state index is 13.5. The van der Waals surface area contributed by atoms with E-state index in [2.05, 4.69) is 25.3 Å². The van der Waals surface area contributed by atoms with E-state index in [-0.39, 0.29) is 36.3 Å². The minimum absolute atomic E-state index is 0. The molecule has 1 amide bonds. The summed E-state index contributed by atoms with van der Waals surface area (Å²) >= 11 is 0. The number of hydrogen-bond donors (Lipinski definition) is 1. The van der Waals surface area contributed by atoms with Crippen molar-refractivity contribution in [3.8, 4) is 0 Å². The third-order valence-electron chi connectivity index (χ3n) is 6.61. The number of rotatable bonds is 3. The summed E-state index contributed by atoms with van der Waals surface area (Å²) in [7, 11) is 2.02. The van der Waals surface area contributed by atoms with Crippen LogP contribution in [0.5, 0.6) is 0 Å². The van der Waals surface area contributed by atoms with Crippen LogP contribution in [0.2, 0.25) is 0 Å². The quantitative estimate of drug-likeness (QED) is 0.821. The van der Waals surface area contributed by atoms with E-state index in [9.17, 15) is 4.79 Å². The Bertz CT molecular complexity index is 619. The summed E-state index contributed by atoms with van der Waals surface area (Å²) in [6.45, 7) is 3.72. The van der Waals surface area contributed by atoms with E-state index in [1.165, 1.54) is 19.3 Å². The highest BCUT2D eigenvalue weighted by molar-refractivity contribution is 5.85. The van der Waals surface area contributed by atoms with E-state index in [4.69, 9.17) is 0 Å². The Labute approximate surface area is 174 Å². The molecule has 2 saturated heterocycles. The van der Waals surface area contributed by atoms with Gasteiger partial charge in [0.15, 0.2) is 5.82 Å². The normalized spacial score (nSPS) is 29.9. The molecule has 2 aliphatic heterocycles. The van der Waals surface area contributed by atoms with Crippen LogP contribution in [0, 0.1) is 11.3 Å². The summed E-state index contributed by atoms with van der Waals surface area (Å²) in [4.78, 5) is 17.8. The molecule has 3 heterocycles. The highest BCUT2D eigenvalue weighted by Gasteiger charge is 2.51. The molecule has 1 aromatic rings. The minimum atomic E-state index is -0.151. The number of carbonyl (C=O) groups excluding carboxylic acids is 1. The molecule has 0 aromatic carbocycles. The monoisotopic (exact) mass is 415 g/mol. The van der Waals surface area contributed by atoms with Gasteiger partial charge in [0.05, 0.1) is 5.41 Å². The van der Waals surface area contributed by atoms with Crippen molar-refractivity contribution in [2.75, 3.05) is 38.1 Å². The lowest BCUT2D eigenvalue weighted by molar-refractivity contribution is -0.146. The van der Waals surface area contributed by atoms with Crippen LogP contribution >= 0.6 is 24.8 Å². The molecule has 1 saturated carbocycles. The van der Waals surface area contributed by atoms with Crippen molar-refractivity contribution >= 4 is 36.5 Å². The molecule has 4 rings (SSSR count). The van der Waals surface area contributed by atoms with Gasteiger partial charge < -0.3 is 15.1 Å². The molecule has 152 valence electrons. The fraction of sp³-hybridized carbons (Fsp3) is 0.737. The van der Waals surface area contributed by atoms with Crippen molar-refractivity contribution < 1.29 is 4.79 Å². The largest absolute Gasteiger partial charge is 0.353 e. The number of carbonyl (C=O) groups is 1. The number of amides is 1. The van der Waals surface area contributed by atoms with Gasteiger partial charge in [-0.25, -0.2) is 0 Å². The Morgan fingerprint density at radius 3 is 2.93 bits per heavy atom. The van der Waals surface area contributed by atoms with E-state index in [0.717, 1.165) is 51.3 Å². The van der Waals surface area contributed by atoms with Crippen LogP contribution in [-0.2, 0) is 4.79 Å². The molecule has 27 heavy (non-hydrogen) atoms. The van der Waals surface area contributed by atoms with E-state index in [0.29, 0.717) is 11.8 Å². The summed E-state index contributed by atoms with van der Waals surface area (Å²) in [5, 5.41) is 11.7. The van der Waals surface area contributed by atoms with E-state index in [1.54, 1.807) is 6.20 Å². The molecular formula is C19H31Cl2N5O. The standard InChI is InChI=1S/C19H29N5O.2ClH/c1-23(18(25)19-9-3-2-6-15(19)12-20-14-19)16-7-5-11-24(13-16)17-8-4-10-21-22-17;;/h4,8,10,15-16,20H,2-3,5-7,9,11-14H2,1H3;2*1H/t15-,16?,19+;;/m0../s1. The summed E-state index contributed by atoms with van der Waals surface area (Å²) in [5.41, 5.74) is -0.151. The van der Waals surface area contributed by atoms with Gasteiger partial charge in [0, 0.05) is 38.9 Å². The molecule has 0 spiro atoms. The van der Waals surface area contributed by atoms with E-state index < -0.39 is 0 Å². The number of hydrogen-bond acceptors (Lipinski definition) is 5. The van der Waals surface area contributed by atoms with Crippen LogP contribution in [0.3, 0.4) is 0 Å². The molecular weight excluding hydrogens is 385 g/mol. The highest BCUT2D eigenvalue weighted by Crippen LogP contribution is 2.45. The Balaban J connectivity index is 0.00000131. The van der Waals surface area contributed by atoms with Crippen molar-refractivity contribution in [1.29, 1.82) is 0 Å². The van der Waals surface area contributed by atoms with E-state index in [1.807, 2.05) is 19.2 Å². The van der Waals surface area contributed by atoms with Crippen LogP contribution in [0.25, 0.3) is 0 Å². The predicted molar refractivity (Wildman–Crippen MR) is 112 cm³/mol. The van der Waals surface area contributed by atoms with Crippen LogP contribution in [0.15, 0.2) is 18.3 Å². The molecule has 1 N–H and O–H groups in total. The molecule has 1 aliphatic carbocycles. The van der Waals surface area contributed by atoms with Gasteiger partial charge in [-0.15, -0.1) is 29.9 Å². The molecule has 1 aromatic heterocycles. The van der Waals surface area contributed by atoms with Gasteiger partial charge in [-0.05, 0) is 50.3 Å². The number of halogens is 2. The number of aromatic nitrogens is 2. The van der Waals surface area contributed by atoms with Crippen molar-refractivity contribution in [2.24, 2.45) is 11.3 Å². The summed E-state index contributed by atoms with van der Waals surface area (Å²) in [5.74, 6) is 1.81. The lowest BCUT2D eigenvalue weighted by Gasteiger charge is -2.44. The number of nitrogens with zero attached hydrogens (tertiary/aromatic N) is 4. The van der Waals surface area contributed by atoms with Gasteiger partial charge in [0.1, 0.15) is 0 Å². The van der Waals surface area contributed by atoms with Crippen molar-refractivity contribution in [2.45, 2.75) is 44.6 Å². The molecule has 3 aliphatic rings. The summed E-state index contributed by atoms with van der Waals surface area (Å²) in [6.07, 6.45) is 8.58. The van der Waals surface area contributed by atoms with Crippen LogP contribution in [0.4, 0.5) is 5.82 Å². The van der Waals surface area contributed by atoms with E-state index >= 15 is 0 Å². The van der Waals surface area contributed by atoms with Gasteiger partial charge in [-0.3, -0.25) is 4.79 Å². The maximum Gasteiger partial charge on any atom is 0.230 e. The smallest absolute Gasteiger partial charge is 0.230 e. The van der Waals surface area contributed by atoms with Crippen LogP contribution in [0.1, 0.15) is 38.5 Å². The zero-order chi connectivity index (χ0) is 17.3. The Hall–Kier alpha value is -1.11. The lowest BCUT2D eigenvalue weighted by Crippen LogP contribution is -2.55. The topological polar surface area (TPSA) is 61.4 Å². The Morgan fingerprint density at radius 1 is 1.30 bits per heavy atom. The number of anilines is 1. The molecule has 1 unspecified atom stereocenters. The molecule has 3 fully saturated rings. The first-order valence-electron chi connectivity index (χ1n) is 9.71. The van der Waals surface area contributed by atoms with Gasteiger partial charge >= 0.3 is 0 Å². The number of nitrogens with one attached hydrogen (secondary N) is 1. The fourth-order valence-electron chi connectivity index (χ4n) is 5.13. The Kier molecular flexibility index (Phi) is 7.72. The fourth-order valence-corrected chi connectivity index (χ4v) is 5.13. The second kappa shape index (κ2) is 9.39. The zero-order valence-electron chi connectivity index (χ0n) is 16.0. The first-order valence-corrected chi connectivity index (χ1v) is 9.71. The number of fused-ring (bicyclic) bond motifs is 1. The first kappa shape index (κ1) is 22.2. The van der Waals surface area contributed by atoms with Crippen molar-refractivity contribution in [3.63, 3.8) is 0 Å². The number of piperidine rings is 1. The van der Waals surface area contributed by atoms with Gasteiger partial charge in [0.2, 0.25) is 5.91 Å². The Morgan fingerprint density at radius 2 is 2.15 bits per heavy atom. The molecule has 6 nitrogen and oxygen atoms in total. The van der Waals surface area contributed by atoms with Crippen LogP contribution in [-0.4, -0.2) is 60.3 Å². The molecule has 8 heteroatoms. The third kappa shape index (κ3) is 4.17. The second-order valence-corrected chi connectivity index (χ2v) is 7.97. The molecule has 0 radical (unpaired) electrons. The van der Waals surface area contributed by atoms with Gasteiger partial charge in [-0.2, -0.15) is 5.10 Å². The van der Waals surface area contributed by atoms with Crippen LogP contribution < -0.4 is 10.2 Å². The third-order valence-corrected chi connectivity index (χ3v) is 6.61. The summed E-state index contributed by atoms with van der Waals surface area (Å²) in [6, 6.07) is 4.20. The SMILES string of the molecule is CN(C(=O)[C@@]12CCCC[C@H]1CNC2)C1CCCN(c2cccnn2)C1.Cl.Cl. The van der Waals surface area contributed by atoms with Crippen molar-refractivity contribution in [3.05, 3.63) is 18.3 Å². The first-order chi connectivity index (χ1) is 12.2. The van der Waals surface area contributed by atoms with Gasteiger partial charge in [-0.1, -0.05) is 12.8 Å². The minimum Gasteiger partial charge on any atom is -0.353 e. The predicted octanol–water partition coefficient (Wildman–Crippen LogP) is 2.53. The number of likely N-dealkylation sites (N-methyl/N-ethyl adjacent to an activating group) is 1.